The van der Waals surface area contributed by atoms with Gasteiger partial charge in [-0.25, -0.2) is 0 Å². The summed E-state index contributed by atoms with van der Waals surface area (Å²) < 4.78 is 50.6. The molecule has 0 aromatic heterocycles. The van der Waals surface area contributed by atoms with Crippen LogP contribution in [0.1, 0.15) is 101 Å². The second-order valence-corrected chi connectivity index (χ2v) is 29.3. The zero-order chi connectivity index (χ0) is 34.6. The van der Waals surface area contributed by atoms with Crippen LogP contribution in [0.2, 0.25) is 13.3 Å². The van der Waals surface area contributed by atoms with Gasteiger partial charge in [-0.15, -0.1) is 0 Å². The van der Waals surface area contributed by atoms with E-state index < -0.39 is 64.6 Å². The quantitative estimate of drug-likeness (QED) is 0.111. The van der Waals surface area contributed by atoms with E-state index in [-0.39, 0.29) is 4.90 Å². The predicted octanol–water partition coefficient (Wildman–Crippen LogP) is 8.21. The summed E-state index contributed by atoms with van der Waals surface area (Å²) in [5.74, 6) is -0.362. The molecule has 46 heavy (non-hydrogen) atoms. The molecule has 8 nitrogen and oxygen atoms in total. The van der Waals surface area contributed by atoms with Crippen LogP contribution in [0.25, 0.3) is 0 Å². The maximum atomic E-state index is 13.6. The molecule has 2 aromatic rings. The molecule has 0 spiro atoms. The van der Waals surface area contributed by atoms with Gasteiger partial charge in [-0.2, -0.15) is 0 Å². The molecule has 0 bridgehead atoms. The van der Waals surface area contributed by atoms with Crippen molar-refractivity contribution in [3.8, 4) is 11.5 Å². The molecule has 0 heterocycles. The summed E-state index contributed by atoms with van der Waals surface area (Å²) >= 11 is -2.55. The fourth-order valence-corrected chi connectivity index (χ4v) is 22.7. The third-order valence-corrected chi connectivity index (χ3v) is 25.1. The van der Waals surface area contributed by atoms with Gasteiger partial charge in [0.25, 0.3) is 0 Å². The average molecular weight is 767 g/mol. The fraction of sp³-hybridized carbons (Fsp3) is 0.611. The number of carbonyl (C=O) groups excluding carboxylic acids is 2. The van der Waals surface area contributed by atoms with Gasteiger partial charge in [0.1, 0.15) is 11.2 Å². The number of hydrogen-bond acceptors (Lipinski definition) is 7. The molecule has 0 saturated heterocycles. The van der Waals surface area contributed by atoms with E-state index in [0.29, 0.717) is 11.5 Å². The topological polar surface area (TPSA) is 99.2 Å². The van der Waals surface area contributed by atoms with Gasteiger partial charge in [-0.05, 0) is 41.5 Å². The van der Waals surface area contributed by atoms with Gasteiger partial charge in [0.2, 0.25) is 0 Å². The van der Waals surface area contributed by atoms with E-state index in [1.54, 1.807) is 57.3 Å². The Morgan fingerprint density at radius 1 is 0.652 bits per heavy atom. The van der Waals surface area contributed by atoms with Crippen LogP contribution in [0.3, 0.4) is 0 Å². The van der Waals surface area contributed by atoms with Crippen LogP contribution in [0, 0.1) is 0 Å². The van der Waals surface area contributed by atoms with Gasteiger partial charge >= 0.3 is 212 Å². The van der Waals surface area contributed by atoms with Crippen LogP contribution in [-0.4, -0.2) is 67.3 Å². The molecule has 0 aliphatic carbocycles. The normalized spacial score (nSPS) is 12.7. The van der Waals surface area contributed by atoms with Crippen molar-refractivity contribution in [3.63, 3.8) is 0 Å². The number of unbranched alkanes of at least 4 members (excludes halogenated alkanes) is 3. The van der Waals surface area contributed by atoms with Crippen LogP contribution in [0.4, 0.5) is 0 Å². The number of hydrogen-bond donors (Lipinski definition) is 0. The van der Waals surface area contributed by atoms with Crippen molar-refractivity contribution in [1.82, 2.24) is 4.31 Å². The van der Waals surface area contributed by atoms with Crippen molar-refractivity contribution < 1.29 is 32.2 Å². The maximum absolute atomic E-state index is 13.6. The Morgan fingerprint density at radius 3 is 1.37 bits per heavy atom. The zero-order valence-electron chi connectivity index (χ0n) is 29.6. The van der Waals surface area contributed by atoms with Gasteiger partial charge in [-0.1, -0.05) is 0 Å². The van der Waals surface area contributed by atoms with Gasteiger partial charge in [0, 0.05) is 0 Å². The summed E-state index contributed by atoms with van der Waals surface area (Å²) in [6, 6.07) is 14.6. The van der Waals surface area contributed by atoms with Crippen molar-refractivity contribution in [2.24, 2.45) is 0 Å². The molecular weight excluding hydrogens is 709 g/mol. The Kier molecular flexibility index (Phi) is 15.6. The molecule has 2 aromatic carbocycles. The first-order valence-corrected chi connectivity index (χ1v) is 25.7. The Balaban J connectivity index is 2.29. The molecule has 0 amide bonds. The Morgan fingerprint density at radius 2 is 1.02 bits per heavy atom. The van der Waals surface area contributed by atoms with E-state index in [4.69, 9.17) is 14.2 Å². The third-order valence-electron chi connectivity index (χ3n) is 7.64. The number of carbonyl (C=O) groups is 2. The number of sulfonamides is 1. The molecule has 10 heteroatoms. The van der Waals surface area contributed by atoms with E-state index in [2.05, 4.69) is 32.9 Å². The fourth-order valence-electron chi connectivity index (χ4n) is 5.46. The number of rotatable bonds is 18. The molecule has 0 saturated carbocycles. The minimum atomic E-state index is -4.25. The van der Waals surface area contributed by atoms with E-state index in [1.165, 1.54) is 64.0 Å². The molecule has 0 atom stereocenters. The van der Waals surface area contributed by atoms with Crippen LogP contribution in [0.5, 0.6) is 11.5 Å². The van der Waals surface area contributed by atoms with E-state index >= 15 is 0 Å². The Bertz CT molecular complexity index is 1290. The average Bonchev–Trinajstić information content (AvgIpc) is 2.95. The molecule has 0 radical (unpaired) electrons. The second-order valence-electron chi connectivity index (χ2n) is 14.1. The van der Waals surface area contributed by atoms with Gasteiger partial charge < -0.3 is 9.47 Å². The zero-order valence-corrected chi connectivity index (χ0v) is 33.3. The summed E-state index contributed by atoms with van der Waals surface area (Å²) in [6.07, 6.45) is 7.56. The number of benzene rings is 2. The SMILES string of the molecule is CCC[CH2][Sn]([CH2]CCC)([CH2]CCC)[c]1ccc(Oc2ccc(S(=O)(=O)N(CC(=O)OC(C)(C)C)CC(=O)OC(C)(C)C)cc2)cc1. The molecule has 0 aliphatic heterocycles. The molecule has 0 fully saturated rings. The van der Waals surface area contributed by atoms with Crippen molar-refractivity contribution in [2.45, 2.75) is 130 Å². The van der Waals surface area contributed by atoms with Crippen molar-refractivity contribution in [2.75, 3.05) is 13.1 Å². The number of ether oxygens (including phenoxy) is 3. The molecular formula is C36H57NO7SSn. The molecule has 258 valence electrons. The standard InChI is InChI=1S/C24H30NO7S.3C4H9.Sn/c1-23(2,3)31-21(26)16-25(17-22(27)32-24(4,5)6)33(28,29)20-14-12-19(13-15-20)30-18-10-8-7-9-11-18;3*1-3-4-2;/h8-15H,16-17H2,1-6H3;3*1,3-4H2,2H3;. The summed E-state index contributed by atoms with van der Waals surface area (Å²) in [4.78, 5) is 25.2. The first kappa shape index (κ1) is 40.1. The van der Waals surface area contributed by atoms with Crippen LogP contribution >= 0.6 is 0 Å². The monoisotopic (exact) mass is 767 g/mol. The second kappa shape index (κ2) is 17.9. The van der Waals surface area contributed by atoms with Crippen molar-refractivity contribution in [1.29, 1.82) is 0 Å². The summed E-state index contributed by atoms with van der Waals surface area (Å²) in [6.45, 7) is 15.7. The number of nitrogens with zero attached hydrogens (tertiary/aromatic N) is 1. The van der Waals surface area contributed by atoms with E-state index in [9.17, 15) is 18.0 Å². The predicted molar refractivity (Wildman–Crippen MR) is 188 cm³/mol. The van der Waals surface area contributed by atoms with Crippen LogP contribution in [-0.2, 0) is 29.1 Å². The van der Waals surface area contributed by atoms with Gasteiger partial charge in [0.15, 0.2) is 0 Å². The Hall–Kier alpha value is -2.11. The van der Waals surface area contributed by atoms with Crippen LogP contribution < -0.4 is 8.32 Å². The first-order chi connectivity index (χ1) is 21.4. The minimum absolute atomic E-state index is 0.0797. The molecule has 0 aliphatic rings. The van der Waals surface area contributed by atoms with Gasteiger partial charge in [-0.3, -0.25) is 9.59 Å². The summed E-state index contributed by atoms with van der Waals surface area (Å²) in [7, 11) is -4.25. The first-order valence-electron chi connectivity index (χ1n) is 16.8. The van der Waals surface area contributed by atoms with Crippen molar-refractivity contribution in [3.05, 3.63) is 48.5 Å². The summed E-state index contributed by atoms with van der Waals surface area (Å²) in [5, 5.41) is 0. The molecule has 0 unspecified atom stereocenters. The van der Waals surface area contributed by atoms with E-state index in [1.807, 2.05) is 12.1 Å². The van der Waals surface area contributed by atoms with Gasteiger partial charge in [0.05, 0.1) is 0 Å². The third kappa shape index (κ3) is 13.2. The number of esters is 2. The summed E-state index contributed by atoms with van der Waals surface area (Å²) in [5.41, 5.74) is -1.64. The van der Waals surface area contributed by atoms with E-state index in [0.717, 1.165) is 4.31 Å². The Labute approximate surface area is 282 Å². The van der Waals surface area contributed by atoms with Crippen LogP contribution in [0.15, 0.2) is 53.4 Å². The molecule has 2 rings (SSSR count). The molecule has 0 N–H and O–H groups in total. The van der Waals surface area contributed by atoms with Crippen molar-refractivity contribution >= 4 is 43.9 Å².